The van der Waals surface area contributed by atoms with Gasteiger partial charge in [0.15, 0.2) is 0 Å². The number of hydrogen-bond donors (Lipinski definition) is 3. The summed E-state index contributed by atoms with van der Waals surface area (Å²) in [4.78, 5) is 18.6. The molecule has 0 amide bonds. The van der Waals surface area contributed by atoms with E-state index < -0.39 is 11.1 Å². The number of carboxylic acids is 1. The lowest BCUT2D eigenvalue weighted by Gasteiger charge is -2.28. The predicted octanol–water partition coefficient (Wildman–Crippen LogP) is 5.50. The molecule has 34 heavy (non-hydrogen) atoms. The fourth-order valence-corrected chi connectivity index (χ4v) is 3.55. The molecule has 206 valence electrons. The van der Waals surface area contributed by atoms with E-state index in [4.69, 9.17) is 31.3 Å². The number of nitrogens with two attached hydrogens (primary N) is 1. The monoisotopic (exact) mass is 493 g/mol. The minimum Gasteiger partial charge on any atom is -0.481 e. The van der Waals surface area contributed by atoms with Gasteiger partial charge in [0.2, 0.25) is 0 Å². The summed E-state index contributed by atoms with van der Waals surface area (Å²) in [7, 11) is 4.21. The fraction of sp³-hybridized carbons (Fsp3) is 0.960. The molecule has 0 aromatic rings. The van der Waals surface area contributed by atoms with E-state index in [9.17, 15) is 4.79 Å². The highest BCUT2D eigenvalue weighted by Crippen LogP contribution is 2.13. The second-order valence-corrected chi connectivity index (χ2v) is 9.57. The molecule has 9 nitrogen and oxygen atoms in total. The van der Waals surface area contributed by atoms with Crippen LogP contribution in [0.5, 0.6) is 0 Å². The molecule has 4 N–H and O–H groups in total. The van der Waals surface area contributed by atoms with Crippen molar-refractivity contribution >= 4 is 5.97 Å². The Labute approximate surface area is 208 Å². The Hall–Kier alpha value is -1.45. The van der Waals surface area contributed by atoms with Crippen LogP contribution in [0.25, 0.3) is 0 Å². The molecule has 0 fully saturated rings. The number of aliphatic hydroxyl groups excluding tert-OH is 1. The zero-order valence-corrected chi connectivity index (χ0v) is 22.3. The summed E-state index contributed by atoms with van der Waals surface area (Å²) in [6.45, 7) is 5.15. The summed E-state index contributed by atoms with van der Waals surface area (Å²) >= 11 is 0. The van der Waals surface area contributed by atoms with Crippen molar-refractivity contribution in [2.24, 2.45) is 5.73 Å². The number of aliphatic hydroxyl groups is 1. The highest BCUT2D eigenvalue weighted by Gasteiger charge is 2.11. The van der Waals surface area contributed by atoms with Gasteiger partial charge in [-0.25, -0.2) is 0 Å². The number of quaternary nitrogens is 1. The molecule has 0 heterocycles. The van der Waals surface area contributed by atoms with Gasteiger partial charge in [-0.2, -0.15) is 0 Å². The predicted molar refractivity (Wildman–Crippen MR) is 140 cm³/mol. The van der Waals surface area contributed by atoms with Crippen molar-refractivity contribution in [1.29, 1.82) is 0 Å². The standard InChI is InChI=1S/C18H36O2.C7H19N2O.NO3/c1-2-3-4-5-6-7-8-9-10-11-12-13-14-15-16-17-18(19)20;1-9(2,6-7-10)5-3-4-8;2-1(3)4/h2-17H2,1H3,(H,19,20);10H,3-8H2,1-2H3;/q;+1;-1. The van der Waals surface area contributed by atoms with Crippen molar-refractivity contribution in [2.45, 2.75) is 116 Å². The van der Waals surface area contributed by atoms with Crippen LogP contribution in [0.1, 0.15) is 116 Å². The van der Waals surface area contributed by atoms with Crippen LogP contribution in [-0.2, 0) is 4.79 Å². The molecular weight excluding hydrogens is 438 g/mol. The lowest BCUT2D eigenvalue weighted by molar-refractivity contribution is -0.890. The molecule has 0 aromatic carbocycles. The highest BCUT2D eigenvalue weighted by molar-refractivity contribution is 5.66. The van der Waals surface area contributed by atoms with Crippen molar-refractivity contribution in [2.75, 3.05) is 40.3 Å². The van der Waals surface area contributed by atoms with Gasteiger partial charge in [0.05, 0.1) is 32.3 Å². The molecule has 0 unspecified atom stereocenters. The van der Waals surface area contributed by atoms with E-state index >= 15 is 0 Å². The van der Waals surface area contributed by atoms with Gasteiger partial charge in [0.1, 0.15) is 6.54 Å². The van der Waals surface area contributed by atoms with Gasteiger partial charge in [0, 0.05) is 12.8 Å². The SMILES string of the molecule is CCCCCCCCCCCCCCCCCC(=O)O.C[N+](C)(CCO)CCCN.O=[N+]([O-])[O-]. The molecule has 9 heteroatoms. The molecule has 0 saturated heterocycles. The van der Waals surface area contributed by atoms with Gasteiger partial charge >= 0.3 is 5.97 Å². The Morgan fingerprint density at radius 1 is 0.765 bits per heavy atom. The summed E-state index contributed by atoms with van der Waals surface area (Å²) in [5.74, 6) is -0.653. The number of carbonyl (C=O) groups is 1. The third-order valence-electron chi connectivity index (χ3n) is 5.67. The summed E-state index contributed by atoms with van der Waals surface area (Å²) in [6.07, 6.45) is 21.2. The number of carboxylic acid groups (broad SMARTS) is 1. The number of nitrogens with zero attached hydrogens (tertiary/aromatic N) is 2. The summed E-state index contributed by atoms with van der Waals surface area (Å²) in [5, 5.41) is 31.9. The van der Waals surface area contributed by atoms with E-state index in [-0.39, 0.29) is 6.61 Å². The first-order valence-electron chi connectivity index (χ1n) is 13.3. The van der Waals surface area contributed by atoms with E-state index in [1.54, 1.807) is 0 Å². The third-order valence-corrected chi connectivity index (χ3v) is 5.67. The minimum atomic E-state index is -1.75. The zero-order valence-electron chi connectivity index (χ0n) is 22.3. The van der Waals surface area contributed by atoms with Crippen LogP contribution in [0.15, 0.2) is 0 Å². The van der Waals surface area contributed by atoms with Gasteiger partial charge in [-0.05, 0) is 13.0 Å². The molecule has 0 saturated carbocycles. The first-order valence-corrected chi connectivity index (χ1v) is 13.3. The molecule has 0 aromatic heterocycles. The fourth-order valence-electron chi connectivity index (χ4n) is 3.55. The van der Waals surface area contributed by atoms with Gasteiger partial charge in [0.25, 0.3) is 0 Å². The summed E-state index contributed by atoms with van der Waals surface area (Å²) in [6, 6.07) is 0. The van der Waals surface area contributed by atoms with E-state index in [1.165, 1.54) is 83.5 Å². The van der Waals surface area contributed by atoms with Crippen LogP contribution >= 0.6 is 0 Å². The van der Waals surface area contributed by atoms with Gasteiger partial charge in [-0.3, -0.25) is 4.79 Å². The van der Waals surface area contributed by atoms with Gasteiger partial charge in [-0.15, -0.1) is 0 Å². The van der Waals surface area contributed by atoms with E-state index in [0.717, 1.165) is 43.4 Å². The molecule has 0 rings (SSSR count). The van der Waals surface area contributed by atoms with Crippen LogP contribution in [0, 0.1) is 15.3 Å². The largest absolute Gasteiger partial charge is 0.481 e. The first-order chi connectivity index (χ1) is 16.1. The Bertz CT molecular complexity index is 433. The van der Waals surface area contributed by atoms with Gasteiger partial charge in [-0.1, -0.05) is 96.8 Å². The van der Waals surface area contributed by atoms with Crippen molar-refractivity contribution in [3.63, 3.8) is 0 Å². The molecule has 0 radical (unpaired) electrons. The number of rotatable bonds is 21. The topological polar surface area (TPSA) is 150 Å². The smallest absolute Gasteiger partial charge is 0.303 e. The van der Waals surface area contributed by atoms with Crippen molar-refractivity contribution < 1.29 is 24.6 Å². The summed E-state index contributed by atoms with van der Waals surface area (Å²) in [5.41, 5.74) is 5.36. The first kappa shape index (κ1) is 37.1. The van der Waals surface area contributed by atoms with Crippen LogP contribution < -0.4 is 5.73 Å². The highest BCUT2D eigenvalue weighted by atomic mass is 16.9. The second-order valence-electron chi connectivity index (χ2n) is 9.57. The average molecular weight is 494 g/mol. The maximum atomic E-state index is 10.3. The molecule has 0 atom stereocenters. The van der Waals surface area contributed by atoms with Crippen LogP contribution in [0.2, 0.25) is 0 Å². The second kappa shape index (κ2) is 29.6. The summed E-state index contributed by atoms with van der Waals surface area (Å²) < 4.78 is 0.869. The number of unbranched alkanes of at least 4 members (excludes halogenated alkanes) is 14. The van der Waals surface area contributed by atoms with Crippen LogP contribution in [0.4, 0.5) is 0 Å². The van der Waals surface area contributed by atoms with E-state index in [1.807, 2.05) is 0 Å². The molecule has 0 aliphatic rings. The van der Waals surface area contributed by atoms with E-state index in [0.29, 0.717) is 6.42 Å². The number of aliphatic carboxylic acids is 1. The maximum Gasteiger partial charge on any atom is 0.303 e. The quantitative estimate of drug-likeness (QED) is 0.0827. The Balaban J connectivity index is -0.000000568. The molecule has 0 bridgehead atoms. The van der Waals surface area contributed by atoms with Crippen molar-refractivity contribution in [3.8, 4) is 0 Å². The lowest BCUT2D eigenvalue weighted by Crippen LogP contribution is -2.43. The Morgan fingerprint density at radius 2 is 1.12 bits per heavy atom. The average Bonchev–Trinajstić information content (AvgIpc) is 2.75. The van der Waals surface area contributed by atoms with Crippen LogP contribution in [-0.4, -0.2) is 66.1 Å². The number of hydrogen-bond acceptors (Lipinski definition) is 6. The Morgan fingerprint density at radius 3 is 1.41 bits per heavy atom. The molecular formula is C25H55N3O6. The Kier molecular flexibility index (Phi) is 32.3. The van der Waals surface area contributed by atoms with Crippen LogP contribution in [0.3, 0.4) is 0 Å². The third kappa shape index (κ3) is 44.3. The normalized spacial score (nSPS) is 10.6. The van der Waals surface area contributed by atoms with Crippen molar-refractivity contribution in [3.05, 3.63) is 15.3 Å². The minimum absolute atomic E-state index is 0.261. The van der Waals surface area contributed by atoms with E-state index in [2.05, 4.69) is 21.0 Å². The zero-order chi connectivity index (χ0) is 26.5. The number of likely N-dealkylation sites (N-methyl/N-ethyl adjacent to an activating group) is 1. The molecule has 0 aliphatic carbocycles. The maximum absolute atomic E-state index is 10.3. The van der Waals surface area contributed by atoms with Gasteiger partial charge < -0.3 is 35.8 Å². The molecule has 0 aliphatic heterocycles. The lowest BCUT2D eigenvalue weighted by atomic mass is 10.0. The van der Waals surface area contributed by atoms with Crippen molar-refractivity contribution in [1.82, 2.24) is 0 Å². The molecule has 0 spiro atoms.